The van der Waals surface area contributed by atoms with Crippen molar-refractivity contribution in [2.45, 2.75) is 6.36 Å². The molecule has 0 rings (SSSR count). The predicted octanol–water partition coefficient (Wildman–Crippen LogP) is 1.72. The van der Waals surface area contributed by atoms with E-state index in [0.717, 1.165) is 0 Å². The normalized spacial score (nSPS) is 12.0. The minimum Gasteiger partial charge on any atom is -0.276 e. The number of ether oxygens (including phenoxy) is 1. The van der Waals surface area contributed by atoms with Crippen molar-refractivity contribution in [1.82, 2.24) is 0 Å². The Bertz CT molecular complexity index is 51.4. The molecule has 0 spiro atoms. The van der Waals surface area contributed by atoms with Gasteiger partial charge in [0.2, 0.25) is 0 Å². The van der Waals surface area contributed by atoms with E-state index in [9.17, 15) is 13.2 Å². The SMILES string of the molecule is FC(F)(F)OCCl. The molecule has 0 bridgehead atoms. The van der Waals surface area contributed by atoms with Crippen LogP contribution in [0.25, 0.3) is 0 Å². The lowest BCUT2D eigenvalue weighted by atomic mass is 11.3. The van der Waals surface area contributed by atoms with Gasteiger partial charge in [-0.1, -0.05) is 11.6 Å². The summed E-state index contributed by atoms with van der Waals surface area (Å²) in [7, 11) is 0. The van der Waals surface area contributed by atoms with Gasteiger partial charge < -0.3 is 0 Å². The van der Waals surface area contributed by atoms with Crippen molar-refractivity contribution in [2.75, 3.05) is 6.07 Å². The molecule has 7 heavy (non-hydrogen) atoms. The zero-order valence-electron chi connectivity index (χ0n) is 3.13. The Balaban J connectivity index is 3.15. The highest BCUT2D eigenvalue weighted by Crippen LogP contribution is 2.15. The maximum absolute atomic E-state index is 10.7. The van der Waals surface area contributed by atoms with Crippen LogP contribution in [-0.4, -0.2) is 12.4 Å². The average Bonchev–Trinajstić information content (AvgIpc) is 1.30. The van der Waals surface area contributed by atoms with Crippen LogP contribution >= 0.6 is 11.6 Å². The zero-order valence-corrected chi connectivity index (χ0v) is 3.88. The van der Waals surface area contributed by atoms with Crippen molar-refractivity contribution < 1.29 is 17.9 Å². The molecule has 0 N–H and O–H groups in total. The lowest BCUT2D eigenvalue weighted by molar-refractivity contribution is -0.316. The van der Waals surface area contributed by atoms with Crippen molar-refractivity contribution in [3.63, 3.8) is 0 Å². The maximum Gasteiger partial charge on any atom is 0.523 e. The molecule has 0 radical (unpaired) electrons. The number of hydrogen-bond donors (Lipinski definition) is 0. The summed E-state index contributed by atoms with van der Waals surface area (Å²) in [6.07, 6.45) is -4.58. The first-order valence-corrected chi connectivity index (χ1v) is 1.86. The molecule has 0 amide bonds. The molecule has 1 nitrogen and oxygen atoms in total. The minimum atomic E-state index is -4.58. The summed E-state index contributed by atoms with van der Waals surface area (Å²) in [5, 5.41) is 0. The van der Waals surface area contributed by atoms with Crippen LogP contribution in [0.2, 0.25) is 0 Å². The van der Waals surface area contributed by atoms with Gasteiger partial charge in [-0.25, -0.2) is 0 Å². The molecular formula is C2H2ClF3O. The summed E-state index contributed by atoms with van der Waals surface area (Å²) in [6, 6.07) is -0.844. The Morgan fingerprint density at radius 3 is 1.86 bits per heavy atom. The van der Waals surface area contributed by atoms with E-state index >= 15 is 0 Å². The fourth-order valence-electron chi connectivity index (χ4n) is 0.0619. The molecule has 0 aromatic rings. The average molecular weight is 134 g/mol. The molecule has 0 aromatic heterocycles. The second-order valence-electron chi connectivity index (χ2n) is 0.699. The fourth-order valence-corrected chi connectivity index (χ4v) is 0.186. The van der Waals surface area contributed by atoms with Crippen LogP contribution in [0.5, 0.6) is 0 Å². The molecule has 5 heteroatoms. The molecule has 0 aliphatic heterocycles. The van der Waals surface area contributed by atoms with Crippen LogP contribution in [-0.2, 0) is 4.74 Å². The van der Waals surface area contributed by atoms with Gasteiger partial charge in [-0.2, -0.15) is 0 Å². The molecule has 0 heterocycles. The Morgan fingerprint density at radius 2 is 1.86 bits per heavy atom. The summed E-state index contributed by atoms with van der Waals surface area (Å²) < 4.78 is 35.2. The van der Waals surface area contributed by atoms with E-state index in [1.54, 1.807) is 0 Å². The number of rotatable bonds is 1. The minimum absolute atomic E-state index is 0.844. The molecule has 0 aliphatic rings. The standard InChI is InChI=1S/C2H2ClF3O/c3-1-7-2(4,5)6/h1H2. The van der Waals surface area contributed by atoms with E-state index in [1.807, 2.05) is 0 Å². The first-order chi connectivity index (χ1) is 3.06. The number of hydrogen-bond acceptors (Lipinski definition) is 1. The summed E-state index contributed by atoms with van der Waals surface area (Å²) >= 11 is 4.54. The van der Waals surface area contributed by atoms with E-state index in [1.165, 1.54) is 0 Å². The summed E-state index contributed by atoms with van der Waals surface area (Å²) in [6.45, 7) is 0. The van der Waals surface area contributed by atoms with Gasteiger partial charge >= 0.3 is 6.36 Å². The lowest BCUT2D eigenvalue weighted by Gasteiger charge is -2.00. The molecule has 0 saturated heterocycles. The van der Waals surface area contributed by atoms with Crippen LogP contribution in [0.1, 0.15) is 0 Å². The van der Waals surface area contributed by atoms with E-state index in [4.69, 9.17) is 0 Å². The Hall–Kier alpha value is 0.0400. The van der Waals surface area contributed by atoms with Gasteiger partial charge in [-0.15, -0.1) is 13.2 Å². The van der Waals surface area contributed by atoms with Crippen molar-refractivity contribution in [1.29, 1.82) is 0 Å². The second-order valence-corrected chi connectivity index (χ2v) is 0.917. The van der Waals surface area contributed by atoms with Gasteiger partial charge in [-0.3, -0.25) is 4.74 Å². The van der Waals surface area contributed by atoms with E-state index in [0.29, 0.717) is 0 Å². The van der Waals surface area contributed by atoms with Gasteiger partial charge in [0.05, 0.1) is 0 Å². The van der Waals surface area contributed by atoms with Crippen LogP contribution < -0.4 is 0 Å². The van der Waals surface area contributed by atoms with E-state index in [2.05, 4.69) is 16.3 Å². The van der Waals surface area contributed by atoms with E-state index in [-0.39, 0.29) is 0 Å². The molecule has 0 unspecified atom stereocenters. The van der Waals surface area contributed by atoms with Crippen LogP contribution in [0, 0.1) is 0 Å². The third-order valence-electron chi connectivity index (χ3n) is 0.218. The summed E-state index contributed by atoms with van der Waals surface area (Å²) in [5.74, 6) is 0. The van der Waals surface area contributed by atoms with Crippen LogP contribution in [0.3, 0.4) is 0 Å². The maximum atomic E-state index is 10.7. The summed E-state index contributed by atoms with van der Waals surface area (Å²) in [4.78, 5) is 0. The van der Waals surface area contributed by atoms with Gasteiger partial charge in [0, 0.05) is 0 Å². The van der Waals surface area contributed by atoms with Gasteiger partial charge in [0.25, 0.3) is 0 Å². The molecular weight excluding hydrogens is 132 g/mol. The third-order valence-corrected chi connectivity index (χ3v) is 0.327. The van der Waals surface area contributed by atoms with Gasteiger partial charge in [0.15, 0.2) is 0 Å². The second kappa shape index (κ2) is 2.37. The first-order valence-electron chi connectivity index (χ1n) is 1.33. The van der Waals surface area contributed by atoms with E-state index < -0.39 is 12.4 Å². The largest absolute Gasteiger partial charge is 0.523 e. The predicted molar refractivity (Wildman–Crippen MR) is 17.9 cm³/mol. The highest BCUT2D eigenvalue weighted by molar-refractivity contribution is 6.17. The molecule has 0 aromatic carbocycles. The Labute approximate surface area is 43.0 Å². The van der Waals surface area contributed by atoms with Crippen LogP contribution in [0.15, 0.2) is 0 Å². The van der Waals surface area contributed by atoms with Crippen LogP contribution in [0.4, 0.5) is 13.2 Å². The third kappa shape index (κ3) is 6.04. The highest BCUT2D eigenvalue weighted by Gasteiger charge is 2.28. The first kappa shape index (κ1) is 7.04. The summed E-state index contributed by atoms with van der Waals surface area (Å²) in [5.41, 5.74) is 0. The lowest BCUT2D eigenvalue weighted by Crippen LogP contribution is -2.11. The zero-order chi connectivity index (χ0) is 5.91. The molecule has 0 aliphatic carbocycles. The number of halogens is 4. The molecule has 0 saturated carbocycles. The molecule has 0 atom stereocenters. The topological polar surface area (TPSA) is 9.23 Å². The van der Waals surface area contributed by atoms with Crippen molar-refractivity contribution in [3.8, 4) is 0 Å². The molecule has 44 valence electrons. The molecule has 0 fully saturated rings. The van der Waals surface area contributed by atoms with Gasteiger partial charge in [0.1, 0.15) is 6.07 Å². The smallest absolute Gasteiger partial charge is 0.276 e. The quantitative estimate of drug-likeness (QED) is 0.496. The monoisotopic (exact) mass is 134 g/mol. The number of alkyl halides is 4. The highest BCUT2D eigenvalue weighted by atomic mass is 35.5. The van der Waals surface area contributed by atoms with Gasteiger partial charge in [-0.05, 0) is 0 Å². The van der Waals surface area contributed by atoms with Crippen molar-refractivity contribution in [3.05, 3.63) is 0 Å². The van der Waals surface area contributed by atoms with Crippen molar-refractivity contribution >= 4 is 11.6 Å². The Morgan fingerprint density at radius 1 is 1.43 bits per heavy atom. The fraction of sp³-hybridized carbons (Fsp3) is 1.00. The Kier molecular flexibility index (Phi) is 2.39. The van der Waals surface area contributed by atoms with Crippen molar-refractivity contribution in [2.24, 2.45) is 0 Å².